The second-order valence-electron chi connectivity index (χ2n) is 7.38. The van der Waals surface area contributed by atoms with E-state index in [2.05, 4.69) is 52.6 Å². The second-order valence-corrected chi connectivity index (χ2v) is 10.3. The van der Waals surface area contributed by atoms with Gasteiger partial charge in [-0.25, -0.2) is 9.67 Å². The Balaban J connectivity index is 1.63. The van der Waals surface area contributed by atoms with Crippen molar-refractivity contribution in [2.24, 2.45) is 5.92 Å². The summed E-state index contributed by atoms with van der Waals surface area (Å²) in [7, 11) is 0. The van der Waals surface area contributed by atoms with Crippen molar-refractivity contribution in [1.29, 1.82) is 0 Å². The zero-order valence-electron chi connectivity index (χ0n) is 16.7. The van der Waals surface area contributed by atoms with Crippen molar-refractivity contribution in [2.75, 3.05) is 5.32 Å². The highest BCUT2D eigenvalue weighted by atomic mass is 79.9. The third kappa shape index (κ3) is 4.85. The number of hydrogen-bond donors (Lipinski definition) is 2. The summed E-state index contributed by atoms with van der Waals surface area (Å²) in [5.74, 6) is -0.127. The van der Waals surface area contributed by atoms with Gasteiger partial charge in [0.2, 0.25) is 0 Å². The van der Waals surface area contributed by atoms with Gasteiger partial charge in [-0.3, -0.25) is 9.59 Å². The topological polar surface area (TPSA) is 88.9 Å². The maximum atomic E-state index is 13.1. The summed E-state index contributed by atoms with van der Waals surface area (Å²) in [4.78, 5) is 30.8. The minimum Gasteiger partial charge on any atom is -0.349 e. The average Bonchev–Trinajstić information content (AvgIpc) is 3.28. The van der Waals surface area contributed by atoms with Gasteiger partial charge in [-0.15, -0.1) is 0 Å². The molecule has 1 fully saturated rings. The fraction of sp³-hybridized carbons (Fsp3) is 0.238. The van der Waals surface area contributed by atoms with E-state index < -0.39 is 5.91 Å². The van der Waals surface area contributed by atoms with Gasteiger partial charge in [-0.2, -0.15) is 5.10 Å². The van der Waals surface area contributed by atoms with Gasteiger partial charge in [-0.1, -0.05) is 39.1 Å². The Bertz CT molecular complexity index is 1200. The van der Waals surface area contributed by atoms with Gasteiger partial charge >= 0.3 is 0 Å². The third-order valence-electron chi connectivity index (χ3n) is 5.11. The molecule has 3 atom stereocenters. The molecular formula is C21H17Br2Cl2N5O2. The molecule has 0 aliphatic heterocycles. The van der Waals surface area contributed by atoms with E-state index in [-0.39, 0.29) is 23.2 Å². The van der Waals surface area contributed by atoms with Crippen molar-refractivity contribution in [3.63, 3.8) is 0 Å². The molecule has 3 aromatic rings. The summed E-state index contributed by atoms with van der Waals surface area (Å²) in [6, 6.07) is 7.99. The van der Waals surface area contributed by atoms with E-state index in [1.165, 1.54) is 23.0 Å². The number of nitrogens with one attached hydrogen (secondary N) is 2. The number of alkyl halides is 1. The highest BCUT2D eigenvalue weighted by Crippen LogP contribution is 2.40. The number of nitrogens with zero attached hydrogens (tertiary/aromatic N) is 3. The Morgan fingerprint density at radius 1 is 1.22 bits per heavy atom. The summed E-state index contributed by atoms with van der Waals surface area (Å²) in [6.07, 6.45) is 4.03. The van der Waals surface area contributed by atoms with E-state index in [1.54, 1.807) is 24.4 Å². The lowest BCUT2D eigenvalue weighted by molar-refractivity contribution is 0.0937. The van der Waals surface area contributed by atoms with Gasteiger partial charge in [-0.05, 0) is 65.5 Å². The fourth-order valence-electron chi connectivity index (χ4n) is 3.32. The largest absolute Gasteiger partial charge is 0.349 e. The lowest BCUT2D eigenvalue weighted by Gasteiger charge is -2.17. The van der Waals surface area contributed by atoms with Crippen LogP contribution in [0.4, 0.5) is 5.69 Å². The molecule has 1 aromatic carbocycles. The normalized spacial score (nSPS) is 18.2. The fourth-order valence-corrected chi connectivity index (χ4v) is 5.33. The van der Waals surface area contributed by atoms with Gasteiger partial charge in [0.25, 0.3) is 11.8 Å². The van der Waals surface area contributed by atoms with Gasteiger partial charge in [0, 0.05) is 26.6 Å². The van der Waals surface area contributed by atoms with Crippen LogP contribution in [0.5, 0.6) is 0 Å². The molecular weight excluding hydrogens is 585 g/mol. The molecule has 0 spiro atoms. The Morgan fingerprint density at radius 2 is 1.97 bits per heavy atom. The molecule has 0 saturated heterocycles. The molecule has 11 heteroatoms. The number of carbonyl (C=O) groups is 2. The van der Waals surface area contributed by atoms with E-state index in [0.29, 0.717) is 36.8 Å². The number of halogens is 4. The zero-order chi connectivity index (χ0) is 23.0. The van der Waals surface area contributed by atoms with Crippen molar-refractivity contribution in [3.05, 3.63) is 68.5 Å². The van der Waals surface area contributed by atoms with Crippen LogP contribution >= 0.6 is 55.1 Å². The van der Waals surface area contributed by atoms with Crippen LogP contribution in [0, 0.1) is 5.92 Å². The molecule has 1 aliphatic rings. The first kappa shape index (κ1) is 23.2. The third-order valence-corrected chi connectivity index (χ3v) is 7.30. The summed E-state index contributed by atoms with van der Waals surface area (Å²) in [5, 5.41) is 10.7. The minimum atomic E-state index is -0.489. The van der Waals surface area contributed by atoms with E-state index in [4.69, 9.17) is 23.2 Å². The number of amides is 2. The average molecular weight is 602 g/mol. The number of hydrogen-bond acceptors (Lipinski definition) is 4. The molecule has 2 N–H and O–H groups in total. The quantitative estimate of drug-likeness (QED) is 0.366. The summed E-state index contributed by atoms with van der Waals surface area (Å²) in [5.41, 5.74) is 0.751. The number of pyridine rings is 1. The van der Waals surface area contributed by atoms with Crippen LogP contribution < -0.4 is 10.6 Å². The van der Waals surface area contributed by atoms with Crippen molar-refractivity contribution < 1.29 is 9.59 Å². The predicted octanol–water partition coefficient (Wildman–Crippen LogP) is 5.49. The molecule has 0 bridgehead atoms. The summed E-state index contributed by atoms with van der Waals surface area (Å²) < 4.78 is 1.81. The Hall–Kier alpha value is -1.94. The highest BCUT2D eigenvalue weighted by Gasteiger charge is 2.39. The molecule has 166 valence electrons. The van der Waals surface area contributed by atoms with Gasteiger partial charge < -0.3 is 10.6 Å². The van der Waals surface area contributed by atoms with Crippen LogP contribution in [-0.4, -0.2) is 37.4 Å². The number of benzene rings is 1. The van der Waals surface area contributed by atoms with Crippen LogP contribution in [0.2, 0.25) is 10.0 Å². The minimum absolute atomic E-state index is 0.0269. The zero-order valence-corrected chi connectivity index (χ0v) is 21.3. The molecule has 32 heavy (non-hydrogen) atoms. The number of aromatic nitrogens is 3. The Labute approximate surface area is 211 Å². The first-order valence-corrected chi connectivity index (χ1v) is 12.1. The molecule has 1 saturated carbocycles. The molecule has 7 nitrogen and oxygen atoms in total. The lowest BCUT2D eigenvalue weighted by Crippen LogP contribution is -2.35. The van der Waals surface area contributed by atoms with Crippen molar-refractivity contribution in [2.45, 2.75) is 24.2 Å². The van der Waals surface area contributed by atoms with Crippen molar-refractivity contribution >= 4 is 72.6 Å². The molecule has 4 rings (SSSR count). The van der Waals surface area contributed by atoms with Gasteiger partial charge in [0.15, 0.2) is 5.82 Å². The highest BCUT2D eigenvalue weighted by molar-refractivity contribution is 9.10. The molecule has 2 aromatic heterocycles. The molecule has 1 aliphatic carbocycles. The summed E-state index contributed by atoms with van der Waals surface area (Å²) >= 11 is 19.4. The molecule has 0 radical (unpaired) electrons. The van der Waals surface area contributed by atoms with E-state index in [1.807, 2.05) is 6.92 Å². The first-order chi connectivity index (χ1) is 15.3. The van der Waals surface area contributed by atoms with E-state index in [0.717, 1.165) is 6.42 Å². The van der Waals surface area contributed by atoms with Crippen LogP contribution in [0.25, 0.3) is 5.82 Å². The SMILES string of the molecule is CC(NC(=O)c1cc(Cl)cc(Br)c1NC(=O)c1ccnn1-c1ncccc1Cl)C1CC1Br. The monoisotopic (exact) mass is 599 g/mol. The summed E-state index contributed by atoms with van der Waals surface area (Å²) in [6.45, 7) is 1.96. The van der Waals surface area contributed by atoms with Crippen LogP contribution in [0.1, 0.15) is 34.2 Å². The number of rotatable bonds is 6. The maximum Gasteiger partial charge on any atom is 0.274 e. The first-order valence-electron chi connectivity index (χ1n) is 9.66. The van der Waals surface area contributed by atoms with Crippen molar-refractivity contribution in [1.82, 2.24) is 20.1 Å². The Kier molecular flexibility index (Phi) is 6.90. The number of carbonyl (C=O) groups excluding carboxylic acids is 2. The van der Waals surface area contributed by atoms with Gasteiger partial charge in [0.1, 0.15) is 5.69 Å². The molecule has 2 amide bonds. The maximum absolute atomic E-state index is 13.1. The standard InChI is InChI=1S/C21H17Br2Cl2N5O2/c1-10(12-9-14(12)22)28-20(31)13-7-11(24)8-15(23)18(13)29-21(32)17-4-6-27-30(17)19-16(25)3-2-5-26-19/h2-8,10,12,14H,9H2,1H3,(H,28,31)(H,29,32). The number of anilines is 1. The smallest absolute Gasteiger partial charge is 0.274 e. The molecule has 2 heterocycles. The Morgan fingerprint density at radius 3 is 2.66 bits per heavy atom. The second kappa shape index (κ2) is 9.51. The van der Waals surface area contributed by atoms with E-state index in [9.17, 15) is 9.59 Å². The van der Waals surface area contributed by atoms with E-state index >= 15 is 0 Å². The molecule has 3 unspecified atom stereocenters. The van der Waals surface area contributed by atoms with Crippen LogP contribution in [0.15, 0.2) is 47.2 Å². The van der Waals surface area contributed by atoms with Gasteiger partial charge in [0.05, 0.1) is 22.5 Å². The van der Waals surface area contributed by atoms with Crippen LogP contribution in [-0.2, 0) is 0 Å². The van der Waals surface area contributed by atoms with Crippen LogP contribution in [0.3, 0.4) is 0 Å². The van der Waals surface area contributed by atoms with Crippen molar-refractivity contribution in [3.8, 4) is 5.82 Å². The predicted molar refractivity (Wildman–Crippen MR) is 131 cm³/mol. The lowest BCUT2D eigenvalue weighted by atomic mass is 10.1.